The lowest BCUT2D eigenvalue weighted by molar-refractivity contribution is 0.214. The van der Waals surface area contributed by atoms with E-state index in [1.807, 2.05) is 0 Å². The van der Waals surface area contributed by atoms with Crippen LogP contribution in [-0.2, 0) is 10.0 Å². The molecule has 0 unspecified atom stereocenters. The van der Waals surface area contributed by atoms with Crippen LogP contribution in [0.3, 0.4) is 0 Å². The Balaban J connectivity index is 1.68. The summed E-state index contributed by atoms with van der Waals surface area (Å²) in [5.74, 6) is 0. The van der Waals surface area contributed by atoms with Gasteiger partial charge in [0.05, 0.1) is 11.4 Å². The molecule has 2 amide bonds. The Morgan fingerprint density at radius 2 is 1.85 bits per heavy atom. The number of H-pyrrole nitrogens is 1. The summed E-state index contributed by atoms with van der Waals surface area (Å²) in [7, 11) is -3.65. The van der Waals surface area contributed by atoms with Crippen molar-refractivity contribution >= 4 is 33.3 Å². The molecule has 0 radical (unpaired) electrons. The lowest BCUT2D eigenvalue weighted by atomic mass is 10.3. The average molecular weight is 412 g/mol. The summed E-state index contributed by atoms with van der Waals surface area (Å²) in [5.41, 5.74) is 1.62. The monoisotopic (exact) mass is 411 g/mol. The van der Waals surface area contributed by atoms with E-state index in [9.17, 15) is 13.2 Å². The third-order valence-corrected chi connectivity index (χ3v) is 6.91. The van der Waals surface area contributed by atoms with E-state index >= 15 is 0 Å². The molecule has 1 aliphatic heterocycles. The normalized spacial score (nSPS) is 16.2. The largest absolute Gasteiger partial charge is 0.323 e. The van der Waals surface area contributed by atoms with Crippen LogP contribution in [0, 0.1) is 13.8 Å². The number of halogens is 1. The fourth-order valence-electron chi connectivity index (χ4n) is 3.12. The number of rotatable bonds is 3. The molecule has 3 rings (SSSR count). The van der Waals surface area contributed by atoms with Crippen molar-refractivity contribution in [1.29, 1.82) is 0 Å². The van der Waals surface area contributed by atoms with E-state index in [-0.39, 0.29) is 17.5 Å². The quantitative estimate of drug-likeness (QED) is 0.810. The van der Waals surface area contributed by atoms with Gasteiger partial charge in [-0.15, -0.1) is 0 Å². The van der Waals surface area contributed by atoms with Gasteiger partial charge in [-0.25, -0.2) is 13.2 Å². The Morgan fingerprint density at radius 1 is 1.15 bits per heavy atom. The number of nitrogens with one attached hydrogen (secondary N) is 2. The number of aromatic amines is 1. The van der Waals surface area contributed by atoms with E-state index in [1.165, 1.54) is 4.31 Å². The molecule has 27 heavy (non-hydrogen) atoms. The van der Waals surface area contributed by atoms with Crippen molar-refractivity contribution in [2.75, 3.05) is 31.5 Å². The van der Waals surface area contributed by atoms with Crippen LogP contribution < -0.4 is 5.32 Å². The zero-order chi connectivity index (χ0) is 19.6. The third-order valence-electron chi connectivity index (χ3n) is 4.50. The van der Waals surface area contributed by atoms with Crippen LogP contribution in [0.5, 0.6) is 0 Å². The molecule has 2 N–H and O–H groups in total. The number of carbonyl (C=O) groups is 1. The van der Waals surface area contributed by atoms with Crippen molar-refractivity contribution in [1.82, 2.24) is 19.4 Å². The van der Waals surface area contributed by atoms with Crippen molar-refractivity contribution in [2.45, 2.75) is 25.2 Å². The number of hydrogen-bond acceptors (Lipinski definition) is 4. The van der Waals surface area contributed by atoms with E-state index in [0.717, 1.165) is 0 Å². The fraction of sp³-hybridized carbons (Fsp3) is 0.412. The van der Waals surface area contributed by atoms with Crippen molar-refractivity contribution in [3.63, 3.8) is 0 Å². The van der Waals surface area contributed by atoms with E-state index < -0.39 is 10.0 Å². The molecular formula is C17H22ClN5O3S. The maximum absolute atomic E-state index is 13.0. The van der Waals surface area contributed by atoms with Gasteiger partial charge in [-0.2, -0.15) is 9.40 Å². The molecule has 0 spiro atoms. The molecule has 2 aromatic rings. The second kappa shape index (κ2) is 7.87. The minimum Gasteiger partial charge on any atom is -0.323 e. The molecule has 146 valence electrons. The van der Waals surface area contributed by atoms with Crippen LogP contribution in [0.2, 0.25) is 5.02 Å². The number of nitrogens with zero attached hydrogens (tertiary/aromatic N) is 3. The molecular weight excluding hydrogens is 390 g/mol. The van der Waals surface area contributed by atoms with Gasteiger partial charge in [-0.3, -0.25) is 5.10 Å². The number of anilines is 1. The second-order valence-corrected chi connectivity index (χ2v) is 8.76. The van der Waals surface area contributed by atoms with Gasteiger partial charge in [0.15, 0.2) is 0 Å². The summed E-state index contributed by atoms with van der Waals surface area (Å²) in [6.07, 6.45) is 0.559. The number of aryl methyl sites for hydroxylation is 2. The molecule has 10 heteroatoms. The van der Waals surface area contributed by atoms with E-state index in [1.54, 1.807) is 43.0 Å². The van der Waals surface area contributed by atoms with Crippen LogP contribution in [0.1, 0.15) is 17.8 Å². The van der Waals surface area contributed by atoms with Gasteiger partial charge in [0, 0.05) is 36.9 Å². The molecule has 1 aliphatic rings. The van der Waals surface area contributed by atoms with Crippen molar-refractivity contribution < 1.29 is 13.2 Å². The van der Waals surface area contributed by atoms with Crippen LogP contribution in [0.4, 0.5) is 10.5 Å². The molecule has 1 aromatic heterocycles. The summed E-state index contributed by atoms with van der Waals surface area (Å²) in [6, 6.07) is 6.58. The number of sulfonamides is 1. The highest BCUT2D eigenvalue weighted by Crippen LogP contribution is 2.23. The third kappa shape index (κ3) is 4.26. The molecule has 1 saturated heterocycles. The fourth-order valence-corrected chi connectivity index (χ4v) is 5.05. The second-order valence-electron chi connectivity index (χ2n) is 6.44. The van der Waals surface area contributed by atoms with E-state index in [0.29, 0.717) is 48.2 Å². The van der Waals surface area contributed by atoms with Gasteiger partial charge in [-0.1, -0.05) is 11.6 Å². The zero-order valence-corrected chi connectivity index (χ0v) is 16.8. The Hall–Kier alpha value is -2.10. The minimum absolute atomic E-state index is 0.224. The first-order valence-corrected chi connectivity index (χ1v) is 10.4. The van der Waals surface area contributed by atoms with Crippen LogP contribution in [0.15, 0.2) is 29.2 Å². The van der Waals surface area contributed by atoms with Gasteiger partial charge < -0.3 is 10.2 Å². The first-order valence-electron chi connectivity index (χ1n) is 8.62. The predicted octanol–water partition coefficient (Wildman–Crippen LogP) is 2.61. The van der Waals surface area contributed by atoms with Crippen molar-refractivity contribution in [2.24, 2.45) is 0 Å². The summed E-state index contributed by atoms with van der Waals surface area (Å²) in [5, 5.41) is 10.1. The standard InChI is InChI=1S/C17H22ClN5O3S/c1-12-16(13(2)21-20-12)27(25,26)23-9-3-8-22(10-11-23)17(24)19-15-6-4-14(18)5-7-15/h4-7H,3,8-11H2,1-2H3,(H,19,24)(H,20,21). The van der Waals surface area contributed by atoms with Gasteiger partial charge in [0.2, 0.25) is 10.0 Å². The SMILES string of the molecule is Cc1n[nH]c(C)c1S(=O)(=O)N1CCCN(C(=O)Nc2ccc(Cl)cc2)CC1. The molecule has 1 aromatic carbocycles. The summed E-state index contributed by atoms with van der Waals surface area (Å²) in [6.45, 7) is 4.75. The topological polar surface area (TPSA) is 98.4 Å². The van der Waals surface area contributed by atoms with Gasteiger partial charge in [0.1, 0.15) is 4.90 Å². The summed E-state index contributed by atoms with van der Waals surface area (Å²) < 4.78 is 27.4. The van der Waals surface area contributed by atoms with Crippen LogP contribution in [0.25, 0.3) is 0 Å². The van der Waals surface area contributed by atoms with E-state index in [2.05, 4.69) is 15.5 Å². The number of carbonyl (C=O) groups excluding carboxylic acids is 1. The van der Waals surface area contributed by atoms with Gasteiger partial charge >= 0.3 is 6.03 Å². The van der Waals surface area contributed by atoms with Crippen LogP contribution >= 0.6 is 11.6 Å². The lowest BCUT2D eigenvalue weighted by Crippen LogP contribution is -2.39. The maximum Gasteiger partial charge on any atom is 0.321 e. The molecule has 0 saturated carbocycles. The van der Waals surface area contributed by atoms with Gasteiger partial charge in [-0.05, 0) is 44.5 Å². The van der Waals surface area contributed by atoms with Gasteiger partial charge in [0.25, 0.3) is 0 Å². The van der Waals surface area contributed by atoms with E-state index in [4.69, 9.17) is 11.6 Å². The lowest BCUT2D eigenvalue weighted by Gasteiger charge is -2.22. The highest BCUT2D eigenvalue weighted by molar-refractivity contribution is 7.89. The number of urea groups is 1. The molecule has 1 fully saturated rings. The van der Waals surface area contributed by atoms with Crippen LogP contribution in [-0.4, -0.2) is 60.0 Å². The Bertz CT molecular complexity index is 907. The predicted molar refractivity (Wildman–Crippen MR) is 103 cm³/mol. The molecule has 0 bridgehead atoms. The highest BCUT2D eigenvalue weighted by atomic mass is 35.5. The maximum atomic E-state index is 13.0. The summed E-state index contributed by atoms with van der Waals surface area (Å²) in [4.78, 5) is 14.3. The Kier molecular flexibility index (Phi) is 5.73. The zero-order valence-electron chi connectivity index (χ0n) is 15.2. The first kappa shape index (κ1) is 19.7. The number of amides is 2. The number of benzene rings is 1. The summed E-state index contributed by atoms with van der Waals surface area (Å²) >= 11 is 5.85. The molecule has 0 atom stereocenters. The highest BCUT2D eigenvalue weighted by Gasteiger charge is 2.31. The molecule has 2 heterocycles. The Morgan fingerprint density at radius 3 is 2.48 bits per heavy atom. The smallest absolute Gasteiger partial charge is 0.321 e. The average Bonchev–Trinajstić information content (AvgIpc) is 2.83. The number of hydrogen-bond donors (Lipinski definition) is 2. The Labute approximate surface area is 163 Å². The first-order chi connectivity index (χ1) is 12.8. The minimum atomic E-state index is -3.65. The molecule has 8 nitrogen and oxygen atoms in total. The van der Waals surface area contributed by atoms with Crippen molar-refractivity contribution in [3.8, 4) is 0 Å². The van der Waals surface area contributed by atoms with Crippen molar-refractivity contribution in [3.05, 3.63) is 40.7 Å². The molecule has 0 aliphatic carbocycles. The number of aromatic nitrogens is 2.